The standard InChI is InChI=1S/C16H18N2O3S/c1-9-10(2)17-13-4-3-11(7-12(9)13)14(19)18-16(15(20)21)5-6-22-8-16/h3-4,7,17H,5-6,8H2,1-2H3,(H,18,19)(H,20,21). The van der Waals surface area contributed by atoms with Crippen molar-refractivity contribution in [2.24, 2.45) is 0 Å². The minimum atomic E-state index is -1.14. The zero-order valence-electron chi connectivity index (χ0n) is 12.5. The zero-order valence-corrected chi connectivity index (χ0v) is 13.3. The van der Waals surface area contributed by atoms with Gasteiger partial charge in [0.15, 0.2) is 0 Å². The molecule has 1 aliphatic heterocycles. The van der Waals surface area contributed by atoms with E-state index in [-0.39, 0.29) is 5.91 Å². The molecule has 2 heterocycles. The molecule has 1 aliphatic rings. The topological polar surface area (TPSA) is 82.2 Å². The van der Waals surface area contributed by atoms with Gasteiger partial charge in [-0.2, -0.15) is 11.8 Å². The smallest absolute Gasteiger partial charge is 0.330 e. The highest BCUT2D eigenvalue weighted by molar-refractivity contribution is 7.99. The maximum Gasteiger partial charge on any atom is 0.330 e. The maximum absolute atomic E-state index is 12.5. The summed E-state index contributed by atoms with van der Waals surface area (Å²) >= 11 is 1.55. The van der Waals surface area contributed by atoms with E-state index in [9.17, 15) is 14.7 Å². The summed E-state index contributed by atoms with van der Waals surface area (Å²) in [6, 6.07) is 5.41. The molecule has 0 spiro atoms. The Morgan fingerprint density at radius 1 is 1.36 bits per heavy atom. The summed E-state index contributed by atoms with van der Waals surface area (Å²) in [7, 11) is 0. The van der Waals surface area contributed by atoms with Crippen molar-refractivity contribution < 1.29 is 14.7 Å². The third-order valence-electron chi connectivity index (χ3n) is 4.35. The zero-order chi connectivity index (χ0) is 15.9. The predicted octanol–water partition coefficient (Wildman–Crippen LogP) is 2.47. The average Bonchev–Trinajstić information content (AvgIpc) is 3.06. The number of H-pyrrole nitrogens is 1. The van der Waals surface area contributed by atoms with Crippen molar-refractivity contribution in [3.8, 4) is 0 Å². The first-order chi connectivity index (χ1) is 10.4. The van der Waals surface area contributed by atoms with Gasteiger partial charge in [0.25, 0.3) is 5.91 Å². The highest BCUT2D eigenvalue weighted by Crippen LogP contribution is 2.29. The van der Waals surface area contributed by atoms with Crippen LogP contribution in [0, 0.1) is 13.8 Å². The fourth-order valence-electron chi connectivity index (χ4n) is 2.78. The molecule has 1 unspecified atom stereocenters. The lowest BCUT2D eigenvalue weighted by molar-refractivity contribution is -0.143. The molecule has 1 aromatic heterocycles. The number of aromatic amines is 1. The summed E-state index contributed by atoms with van der Waals surface area (Å²) in [6.07, 6.45) is 0.462. The lowest BCUT2D eigenvalue weighted by Gasteiger charge is -2.24. The molecule has 1 atom stereocenters. The fourth-order valence-corrected chi connectivity index (χ4v) is 4.10. The molecule has 5 nitrogen and oxygen atoms in total. The van der Waals surface area contributed by atoms with E-state index < -0.39 is 11.5 Å². The number of carboxylic acid groups (broad SMARTS) is 1. The number of hydrogen-bond acceptors (Lipinski definition) is 3. The Labute approximate surface area is 132 Å². The van der Waals surface area contributed by atoms with Crippen LogP contribution in [-0.2, 0) is 4.79 Å². The number of fused-ring (bicyclic) bond motifs is 1. The first kappa shape index (κ1) is 15.0. The lowest BCUT2D eigenvalue weighted by Crippen LogP contribution is -2.54. The number of hydrogen-bond donors (Lipinski definition) is 3. The number of thioether (sulfide) groups is 1. The number of carboxylic acids is 1. The second-order valence-corrected chi connectivity index (χ2v) is 6.88. The van der Waals surface area contributed by atoms with Gasteiger partial charge in [-0.25, -0.2) is 4.79 Å². The number of benzene rings is 1. The number of nitrogens with one attached hydrogen (secondary N) is 2. The molecule has 1 aromatic carbocycles. The van der Waals surface area contributed by atoms with Crippen LogP contribution in [0.25, 0.3) is 10.9 Å². The van der Waals surface area contributed by atoms with Crippen molar-refractivity contribution in [2.75, 3.05) is 11.5 Å². The number of amides is 1. The van der Waals surface area contributed by atoms with Crippen LogP contribution < -0.4 is 5.32 Å². The van der Waals surface area contributed by atoms with Crippen molar-refractivity contribution in [1.82, 2.24) is 10.3 Å². The van der Waals surface area contributed by atoms with Gasteiger partial charge in [0.1, 0.15) is 5.54 Å². The molecule has 1 fully saturated rings. The van der Waals surface area contributed by atoms with Gasteiger partial charge in [0.05, 0.1) is 0 Å². The van der Waals surface area contributed by atoms with Crippen LogP contribution >= 0.6 is 11.8 Å². The summed E-state index contributed by atoms with van der Waals surface area (Å²) in [6.45, 7) is 3.99. The Morgan fingerprint density at radius 2 is 2.14 bits per heavy atom. The molecule has 0 saturated carbocycles. The quantitative estimate of drug-likeness (QED) is 0.812. The van der Waals surface area contributed by atoms with E-state index in [4.69, 9.17) is 0 Å². The molecule has 22 heavy (non-hydrogen) atoms. The predicted molar refractivity (Wildman–Crippen MR) is 87.5 cm³/mol. The third-order valence-corrected chi connectivity index (χ3v) is 5.54. The van der Waals surface area contributed by atoms with Gasteiger partial charge in [-0.1, -0.05) is 0 Å². The summed E-state index contributed by atoms with van der Waals surface area (Å²) in [5.41, 5.74) is 2.51. The molecule has 3 N–H and O–H groups in total. The van der Waals surface area contributed by atoms with Crippen molar-refractivity contribution >= 4 is 34.5 Å². The van der Waals surface area contributed by atoms with E-state index in [1.165, 1.54) is 0 Å². The fraction of sp³-hybridized carbons (Fsp3) is 0.375. The van der Waals surface area contributed by atoms with E-state index >= 15 is 0 Å². The average molecular weight is 318 g/mol. The second-order valence-electron chi connectivity index (χ2n) is 5.78. The monoisotopic (exact) mass is 318 g/mol. The van der Waals surface area contributed by atoms with Gasteiger partial charge in [-0.05, 0) is 49.8 Å². The molecule has 1 amide bonds. The summed E-state index contributed by atoms with van der Waals surface area (Å²) in [5.74, 6) is -0.119. The van der Waals surface area contributed by atoms with Gasteiger partial charge in [0.2, 0.25) is 0 Å². The number of carbonyl (C=O) groups is 2. The second kappa shape index (κ2) is 5.35. The molecule has 0 aliphatic carbocycles. The highest BCUT2D eigenvalue weighted by atomic mass is 32.2. The van der Waals surface area contributed by atoms with E-state index in [1.54, 1.807) is 17.8 Å². The van der Waals surface area contributed by atoms with E-state index in [1.807, 2.05) is 26.0 Å². The Hall–Kier alpha value is -1.95. The Kier molecular flexibility index (Phi) is 3.64. The molecule has 116 valence electrons. The third kappa shape index (κ3) is 2.37. The van der Waals surface area contributed by atoms with Crippen molar-refractivity contribution in [2.45, 2.75) is 25.8 Å². The summed E-state index contributed by atoms with van der Waals surface area (Å²) in [4.78, 5) is 27.3. The van der Waals surface area contributed by atoms with Gasteiger partial charge < -0.3 is 15.4 Å². The van der Waals surface area contributed by atoms with E-state index in [0.717, 1.165) is 27.9 Å². The molecule has 2 aromatic rings. The number of aryl methyl sites for hydroxylation is 2. The summed E-state index contributed by atoms with van der Waals surface area (Å²) in [5, 5.41) is 13.2. The SMILES string of the molecule is Cc1[nH]c2ccc(C(=O)NC3(C(=O)O)CCSC3)cc2c1C. The van der Waals surface area contributed by atoms with Gasteiger partial charge in [-0.15, -0.1) is 0 Å². The Morgan fingerprint density at radius 3 is 2.77 bits per heavy atom. The minimum absolute atomic E-state index is 0.329. The number of carbonyl (C=O) groups excluding carboxylic acids is 1. The van der Waals surface area contributed by atoms with Gasteiger partial charge >= 0.3 is 5.97 Å². The van der Waals surface area contributed by atoms with Crippen molar-refractivity contribution in [3.63, 3.8) is 0 Å². The molecular weight excluding hydrogens is 300 g/mol. The number of aromatic nitrogens is 1. The van der Waals surface area contributed by atoms with Crippen LogP contribution in [0.2, 0.25) is 0 Å². The number of rotatable bonds is 3. The maximum atomic E-state index is 12.5. The van der Waals surface area contributed by atoms with Crippen LogP contribution in [0.15, 0.2) is 18.2 Å². The molecular formula is C16H18N2O3S. The number of aliphatic carboxylic acids is 1. The van der Waals surface area contributed by atoms with Gasteiger partial charge in [0, 0.05) is 27.9 Å². The lowest BCUT2D eigenvalue weighted by atomic mass is 9.98. The van der Waals surface area contributed by atoms with Crippen LogP contribution in [0.3, 0.4) is 0 Å². The minimum Gasteiger partial charge on any atom is -0.479 e. The van der Waals surface area contributed by atoms with Crippen molar-refractivity contribution in [1.29, 1.82) is 0 Å². The van der Waals surface area contributed by atoms with Crippen LogP contribution in [0.4, 0.5) is 0 Å². The molecule has 3 rings (SSSR count). The molecule has 6 heteroatoms. The van der Waals surface area contributed by atoms with Crippen LogP contribution in [0.5, 0.6) is 0 Å². The Bertz CT molecular complexity index is 760. The summed E-state index contributed by atoms with van der Waals surface area (Å²) < 4.78 is 0. The molecule has 0 bridgehead atoms. The van der Waals surface area contributed by atoms with E-state index in [0.29, 0.717) is 17.7 Å². The van der Waals surface area contributed by atoms with E-state index in [2.05, 4.69) is 10.3 Å². The van der Waals surface area contributed by atoms with Crippen LogP contribution in [-0.4, -0.2) is 39.0 Å². The largest absolute Gasteiger partial charge is 0.479 e. The normalized spacial score (nSPS) is 21.2. The molecule has 1 saturated heterocycles. The first-order valence-corrected chi connectivity index (χ1v) is 8.31. The molecule has 0 radical (unpaired) electrons. The Balaban J connectivity index is 1.92. The highest BCUT2D eigenvalue weighted by Gasteiger charge is 2.43. The first-order valence-electron chi connectivity index (χ1n) is 7.15. The van der Waals surface area contributed by atoms with Crippen molar-refractivity contribution in [3.05, 3.63) is 35.0 Å². The van der Waals surface area contributed by atoms with Crippen LogP contribution in [0.1, 0.15) is 28.0 Å². The van der Waals surface area contributed by atoms with Gasteiger partial charge in [-0.3, -0.25) is 4.79 Å².